The number of aromatic nitrogens is 3. The fraction of sp³-hybridized carbons (Fsp3) is 0.286. The molecule has 10 heteroatoms. The predicted octanol–water partition coefficient (Wildman–Crippen LogP) is 3.91. The number of carbonyl (C=O) groups is 2. The highest BCUT2D eigenvalue weighted by molar-refractivity contribution is 7.07. The Bertz CT molecular complexity index is 1410. The molecule has 2 aromatic heterocycles. The summed E-state index contributed by atoms with van der Waals surface area (Å²) in [7, 11) is 3.20. The standard InChI is InChI=1S/C28H28N4O5S/c1-36-22-4-3-5-23(37-2)26(22)19-8-6-17(7-9-19)14-20(28(34)35)29-27(33)21-10-11-24-30-31-25(32(21)24)15-18-12-13-38-16-18/h3-9,12-13,16,20-21H,10-11,14-15H2,1-2H3,(H,29,33)(H,34,35)/t20-,21?/m0/s1. The summed E-state index contributed by atoms with van der Waals surface area (Å²) in [5.41, 5.74) is 3.58. The molecule has 0 aliphatic carbocycles. The molecule has 5 rings (SSSR count). The van der Waals surface area contributed by atoms with Crippen LogP contribution in [0.4, 0.5) is 0 Å². The number of carboxylic acid groups (broad SMARTS) is 1. The van der Waals surface area contributed by atoms with Crippen molar-refractivity contribution in [1.29, 1.82) is 0 Å². The van der Waals surface area contributed by atoms with E-state index < -0.39 is 18.1 Å². The van der Waals surface area contributed by atoms with E-state index >= 15 is 0 Å². The van der Waals surface area contributed by atoms with Crippen molar-refractivity contribution in [2.24, 2.45) is 0 Å². The fourth-order valence-electron chi connectivity index (χ4n) is 4.88. The number of aryl methyl sites for hydroxylation is 1. The number of carboxylic acids is 1. The summed E-state index contributed by atoms with van der Waals surface area (Å²) in [5.74, 6) is 1.40. The average molecular weight is 533 g/mol. The molecule has 2 aromatic carbocycles. The van der Waals surface area contributed by atoms with Crippen LogP contribution in [0.5, 0.6) is 11.5 Å². The molecule has 196 valence electrons. The molecule has 1 aliphatic rings. The van der Waals surface area contributed by atoms with E-state index in [1.165, 1.54) is 0 Å². The number of ether oxygens (including phenoxy) is 2. The first kappa shape index (κ1) is 25.5. The van der Waals surface area contributed by atoms with Gasteiger partial charge in [-0.2, -0.15) is 11.3 Å². The van der Waals surface area contributed by atoms with Gasteiger partial charge in [0.1, 0.15) is 35.2 Å². The molecule has 0 bridgehead atoms. The van der Waals surface area contributed by atoms with E-state index in [4.69, 9.17) is 9.47 Å². The molecule has 0 saturated carbocycles. The van der Waals surface area contributed by atoms with Crippen molar-refractivity contribution >= 4 is 23.2 Å². The molecule has 1 aliphatic heterocycles. The number of aliphatic carboxylic acids is 1. The van der Waals surface area contributed by atoms with Gasteiger partial charge >= 0.3 is 5.97 Å². The summed E-state index contributed by atoms with van der Waals surface area (Å²) < 4.78 is 12.9. The van der Waals surface area contributed by atoms with Crippen LogP contribution in [0.3, 0.4) is 0 Å². The van der Waals surface area contributed by atoms with Crippen molar-refractivity contribution in [3.63, 3.8) is 0 Å². The lowest BCUT2D eigenvalue weighted by molar-refractivity contribution is -0.142. The van der Waals surface area contributed by atoms with E-state index in [1.54, 1.807) is 25.6 Å². The first-order valence-electron chi connectivity index (χ1n) is 12.3. The Balaban J connectivity index is 1.30. The van der Waals surface area contributed by atoms with Gasteiger partial charge in [-0.15, -0.1) is 10.2 Å². The zero-order chi connectivity index (χ0) is 26.6. The van der Waals surface area contributed by atoms with Crippen LogP contribution in [0, 0.1) is 0 Å². The summed E-state index contributed by atoms with van der Waals surface area (Å²) in [4.78, 5) is 25.4. The van der Waals surface area contributed by atoms with Crippen molar-refractivity contribution in [3.05, 3.63) is 82.1 Å². The van der Waals surface area contributed by atoms with Crippen molar-refractivity contribution < 1.29 is 24.2 Å². The van der Waals surface area contributed by atoms with Gasteiger partial charge in [-0.05, 0) is 52.1 Å². The molecule has 9 nitrogen and oxygen atoms in total. The predicted molar refractivity (Wildman–Crippen MR) is 143 cm³/mol. The van der Waals surface area contributed by atoms with Gasteiger partial charge < -0.3 is 24.5 Å². The van der Waals surface area contributed by atoms with Gasteiger partial charge in [0.05, 0.1) is 19.8 Å². The molecule has 2 N–H and O–H groups in total. The maximum Gasteiger partial charge on any atom is 0.326 e. The van der Waals surface area contributed by atoms with E-state index in [2.05, 4.69) is 15.5 Å². The highest BCUT2D eigenvalue weighted by atomic mass is 32.1. The zero-order valence-electron chi connectivity index (χ0n) is 21.1. The SMILES string of the molecule is COc1cccc(OC)c1-c1ccc(C[C@H](NC(=O)C2CCc3nnc(Cc4ccsc4)n32)C(=O)O)cc1. The van der Waals surface area contributed by atoms with Gasteiger partial charge in [0, 0.05) is 19.3 Å². The minimum Gasteiger partial charge on any atom is -0.496 e. The van der Waals surface area contributed by atoms with Crippen molar-refractivity contribution in [2.45, 2.75) is 37.8 Å². The number of methoxy groups -OCH3 is 2. The Labute approximate surface area is 224 Å². The van der Waals surface area contributed by atoms with Crippen LogP contribution in [0.15, 0.2) is 59.3 Å². The lowest BCUT2D eigenvalue weighted by Gasteiger charge is -2.20. The van der Waals surface area contributed by atoms with Crippen LogP contribution >= 0.6 is 11.3 Å². The largest absolute Gasteiger partial charge is 0.496 e. The van der Waals surface area contributed by atoms with Gasteiger partial charge in [0.25, 0.3) is 0 Å². The lowest BCUT2D eigenvalue weighted by atomic mass is 9.99. The Morgan fingerprint density at radius 2 is 1.82 bits per heavy atom. The van der Waals surface area contributed by atoms with Gasteiger partial charge in [-0.25, -0.2) is 4.79 Å². The molecule has 4 aromatic rings. The highest BCUT2D eigenvalue weighted by Crippen LogP contribution is 2.38. The van der Waals surface area contributed by atoms with E-state index in [0.717, 1.165) is 28.1 Å². The third kappa shape index (κ3) is 5.12. The maximum absolute atomic E-state index is 13.3. The molecular formula is C28H28N4O5S. The molecule has 1 amide bonds. The van der Waals surface area contributed by atoms with Crippen LogP contribution < -0.4 is 14.8 Å². The van der Waals surface area contributed by atoms with Crippen LogP contribution in [0.2, 0.25) is 0 Å². The second kappa shape index (κ2) is 11.1. The van der Waals surface area contributed by atoms with Crippen LogP contribution in [0.25, 0.3) is 11.1 Å². The van der Waals surface area contributed by atoms with E-state index in [9.17, 15) is 14.7 Å². The molecule has 3 heterocycles. The number of carbonyl (C=O) groups excluding carboxylic acids is 1. The first-order chi connectivity index (χ1) is 18.5. The maximum atomic E-state index is 13.3. The summed E-state index contributed by atoms with van der Waals surface area (Å²) in [6.45, 7) is 0. The minimum absolute atomic E-state index is 0.147. The average Bonchev–Trinajstić information content (AvgIpc) is 3.68. The van der Waals surface area contributed by atoms with Crippen molar-refractivity contribution in [1.82, 2.24) is 20.1 Å². The lowest BCUT2D eigenvalue weighted by Crippen LogP contribution is -2.45. The summed E-state index contributed by atoms with van der Waals surface area (Å²) in [6, 6.07) is 13.5. The summed E-state index contributed by atoms with van der Waals surface area (Å²) >= 11 is 1.60. The Morgan fingerprint density at radius 1 is 1.08 bits per heavy atom. The number of rotatable bonds is 10. The van der Waals surface area contributed by atoms with Crippen LogP contribution in [0.1, 0.15) is 35.2 Å². The molecule has 2 atom stereocenters. The second-order valence-corrected chi connectivity index (χ2v) is 9.88. The second-order valence-electron chi connectivity index (χ2n) is 9.10. The Kier molecular flexibility index (Phi) is 7.41. The van der Waals surface area contributed by atoms with Crippen LogP contribution in [-0.2, 0) is 28.9 Å². The molecule has 1 unspecified atom stereocenters. The zero-order valence-corrected chi connectivity index (χ0v) is 21.9. The molecule has 0 radical (unpaired) electrons. The van der Waals surface area contributed by atoms with Crippen LogP contribution in [-0.4, -0.2) is 52.0 Å². The van der Waals surface area contributed by atoms with E-state index in [1.807, 2.05) is 63.9 Å². The van der Waals surface area contributed by atoms with Gasteiger partial charge in [-0.3, -0.25) is 4.79 Å². The number of fused-ring (bicyclic) bond motifs is 1. The Morgan fingerprint density at radius 3 is 2.45 bits per heavy atom. The summed E-state index contributed by atoms with van der Waals surface area (Å²) in [6.07, 6.45) is 1.91. The Hall–Kier alpha value is -4.18. The quantitative estimate of drug-likeness (QED) is 0.318. The molecule has 0 saturated heterocycles. The molecule has 38 heavy (non-hydrogen) atoms. The smallest absolute Gasteiger partial charge is 0.326 e. The number of nitrogens with zero attached hydrogens (tertiary/aromatic N) is 3. The number of amides is 1. The third-order valence-corrected chi connectivity index (χ3v) is 7.49. The number of thiophene rings is 1. The van der Waals surface area contributed by atoms with E-state index in [-0.39, 0.29) is 12.3 Å². The molecule has 0 spiro atoms. The fourth-order valence-corrected chi connectivity index (χ4v) is 5.55. The minimum atomic E-state index is -1.09. The number of nitrogens with one attached hydrogen (secondary N) is 1. The molecule has 0 fully saturated rings. The first-order valence-corrected chi connectivity index (χ1v) is 13.2. The van der Waals surface area contributed by atoms with Gasteiger partial charge in [-0.1, -0.05) is 30.3 Å². The topological polar surface area (TPSA) is 116 Å². The van der Waals surface area contributed by atoms with Gasteiger partial charge in [0.15, 0.2) is 0 Å². The highest BCUT2D eigenvalue weighted by Gasteiger charge is 2.34. The molecular weight excluding hydrogens is 504 g/mol. The third-order valence-electron chi connectivity index (χ3n) is 6.76. The normalized spacial score (nSPS) is 15.1. The van der Waals surface area contributed by atoms with E-state index in [0.29, 0.717) is 36.6 Å². The summed E-state index contributed by atoms with van der Waals surface area (Å²) in [5, 5.41) is 25.2. The monoisotopic (exact) mass is 532 g/mol. The number of hydrogen-bond donors (Lipinski definition) is 2. The number of benzene rings is 2. The van der Waals surface area contributed by atoms with Gasteiger partial charge in [0.2, 0.25) is 5.91 Å². The number of hydrogen-bond acceptors (Lipinski definition) is 7. The van der Waals surface area contributed by atoms with Crippen molar-refractivity contribution in [2.75, 3.05) is 14.2 Å². The van der Waals surface area contributed by atoms with Crippen molar-refractivity contribution in [3.8, 4) is 22.6 Å².